The van der Waals surface area contributed by atoms with E-state index in [0.717, 1.165) is 11.1 Å². The van der Waals surface area contributed by atoms with Crippen molar-refractivity contribution in [2.75, 3.05) is 0 Å². The molecule has 3 rings (SSSR count). The zero-order valence-electron chi connectivity index (χ0n) is 12.9. The highest BCUT2D eigenvalue weighted by atomic mass is 19.1. The molecule has 0 saturated carbocycles. The average Bonchev–Trinajstić information content (AvgIpc) is 3.14. The van der Waals surface area contributed by atoms with Gasteiger partial charge >= 0.3 is 0 Å². The zero-order valence-corrected chi connectivity index (χ0v) is 12.9. The van der Waals surface area contributed by atoms with Crippen molar-refractivity contribution in [2.24, 2.45) is 0 Å². The Hall–Kier alpha value is -3.14. The van der Waals surface area contributed by atoms with Gasteiger partial charge in [-0.05, 0) is 41.5 Å². The summed E-state index contributed by atoms with van der Waals surface area (Å²) >= 11 is 0. The Morgan fingerprint density at radius 2 is 1.75 bits per heavy atom. The third kappa shape index (κ3) is 3.98. The van der Waals surface area contributed by atoms with Crippen LogP contribution in [0.3, 0.4) is 0 Å². The van der Waals surface area contributed by atoms with E-state index in [1.807, 2.05) is 36.4 Å². The van der Waals surface area contributed by atoms with Crippen molar-refractivity contribution in [1.29, 1.82) is 0 Å². The first kappa shape index (κ1) is 15.7. The number of rotatable bonds is 5. The molecule has 0 spiro atoms. The van der Waals surface area contributed by atoms with Crippen LogP contribution < -0.4 is 5.32 Å². The summed E-state index contributed by atoms with van der Waals surface area (Å²) in [5.41, 5.74) is 1.68. The smallest absolute Gasteiger partial charge is 0.244 e. The number of halogens is 1. The van der Waals surface area contributed by atoms with Crippen LogP contribution in [0.15, 0.2) is 83.5 Å². The minimum absolute atomic E-state index is 0.260. The van der Waals surface area contributed by atoms with Gasteiger partial charge < -0.3 is 9.73 Å². The lowest BCUT2D eigenvalue weighted by Crippen LogP contribution is -2.27. The van der Waals surface area contributed by atoms with E-state index in [0.29, 0.717) is 5.76 Å². The molecule has 0 aliphatic heterocycles. The van der Waals surface area contributed by atoms with E-state index in [9.17, 15) is 9.18 Å². The van der Waals surface area contributed by atoms with Crippen molar-refractivity contribution in [1.82, 2.24) is 5.32 Å². The molecule has 3 aromatic rings. The third-order valence-electron chi connectivity index (χ3n) is 3.54. The van der Waals surface area contributed by atoms with Crippen LogP contribution in [0.5, 0.6) is 0 Å². The Bertz CT molecular complexity index is 809. The molecule has 1 N–H and O–H groups in total. The zero-order chi connectivity index (χ0) is 16.8. The van der Waals surface area contributed by atoms with Crippen molar-refractivity contribution in [3.8, 4) is 0 Å². The highest BCUT2D eigenvalue weighted by Crippen LogP contribution is 2.22. The second kappa shape index (κ2) is 7.42. The average molecular weight is 321 g/mol. The lowest BCUT2D eigenvalue weighted by molar-refractivity contribution is -0.117. The molecular formula is C20H16FNO2. The van der Waals surface area contributed by atoms with Crippen LogP contribution >= 0.6 is 0 Å². The summed E-state index contributed by atoms with van der Waals surface area (Å²) in [6, 6.07) is 18.8. The standard InChI is InChI=1S/C20H16FNO2/c21-17-11-8-15(9-12-17)10-13-19(23)22-20(18-7-4-14-24-18)16-5-2-1-3-6-16/h1-14,20H,(H,22,23)/b13-10+/t20-/m0/s1. The van der Waals surface area contributed by atoms with E-state index in [2.05, 4.69) is 5.32 Å². The molecule has 0 radical (unpaired) electrons. The first-order valence-corrected chi connectivity index (χ1v) is 7.55. The largest absolute Gasteiger partial charge is 0.467 e. The fraction of sp³-hybridized carbons (Fsp3) is 0.0500. The van der Waals surface area contributed by atoms with E-state index in [1.165, 1.54) is 18.2 Å². The first-order chi connectivity index (χ1) is 11.7. The van der Waals surface area contributed by atoms with E-state index in [1.54, 1.807) is 30.5 Å². The molecule has 0 bridgehead atoms. The van der Waals surface area contributed by atoms with Crippen LogP contribution in [-0.4, -0.2) is 5.91 Å². The number of furan rings is 1. The van der Waals surface area contributed by atoms with Gasteiger partial charge in [-0.25, -0.2) is 4.39 Å². The van der Waals surface area contributed by atoms with Gasteiger partial charge in [0.2, 0.25) is 5.91 Å². The minimum atomic E-state index is -0.369. The lowest BCUT2D eigenvalue weighted by atomic mass is 10.0. The molecule has 4 heteroatoms. The lowest BCUT2D eigenvalue weighted by Gasteiger charge is -2.16. The molecule has 0 fully saturated rings. The Labute approximate surface area is 139 Å². The van der Waals surface area contributed by atoms with E-state index in [-0.39, 0.29) is 17.8 Å². The number of carbonyl (C=O) groups excluding carboxylic acids is 1. The topological polar surface area (TPSA) is 42.2 Å². The van der Waals surface area contributed by atoms with Gasteiger partial charge in [-0.3, -0.25) is 4.79 Å². The number of hydrogen-bond donors (Lipinski definition) is 1. The monoisotopic (exact) mass is 321 g/mol. The van der Waals surface area contributed by atoms with Gasteiger partial charge in [-0.1, -0.05) is 42.5 Å². The molecule has 2 aromatic carbocycles. The Morgan fingerprint density at radius 1 is 1.00 bits per heavy atom. The molecule has 0 saturated heterocycles. The molecule has 1 amide bonds. The molecule has 0 aliphatic rings. The van der Waals surface area contributed by atoms with Crippen molar-refractivity contribution in [3.63, 3.8) is 0 Å². The van der Waals surface area contributed by atoms with Crippen molar-refractivity contribution in [2.45, 2.75) is 6.04 Å². The van der Waals surface area contributed by atoms with Crippen molar-refractivity contribution < 1.29 is 13.6 Å². The van der Waals surface area contributed by atoms with E-state index < -0.39 is 0 Å². The number of hydrogen-bond acceptors (Lipinski definition) is 2. The van der Waals surface area contributed by atoms with Crippen molar-refractivity contribution >= 4 is 12.0 Å². The highest BCUT2D eigenvalue weighted by Gasteiger charge is 2.17. The SMILES string of the molecule is O=C(/C=C/c1ccc(F)cc1)N[C@@H](c1ccccc1)c1ccco1. The van der Waals surface area contributed by atoms with Crippen LogP contribution in [0.4, 0.5) is 4.39 Å². The third-order valence-corrected chi connectivity index (χ3v) is 3.54. The van der Waals surface area contributed by atoms with Crippen molar-refractivity contribution in [3.05, 3.63) is 102 Å². The van der Waals surface area contributed by atoms with Crippen LogP contribution in [0.1, 0.15) is 22.9 Å². The fourth-order valence-corrected chi connectivity index (χ4v) is 2.36. The Balaban J connectivity index is 1.75. The summed E-state index contributed by atoms with van der Waals surface area (Å²) < 4.78 is 18.3. The molecule has 24 heavy (non-hydrogen) atoms. The predicted molar refractivity (Wildman–Crippen MR) is 90.6 cm³/mol. The summed E-state index contributed by atoms with van der Waals surface area (Å²) in [6.07, 6.45) is 4.64. The molecule has 3 nitrogen and oxygen atoms in total. The molecule has 120 valence electrons. The maximum Gasteiger partial charge on any atom is 0.244 e. The van der Waals surface area contributed by atoms with Gasteiger partial charge in [-0.15, -0.1) is 0 Å². The number of carbonyl (C=O) groups is 1. The number of benzene rings is 2. The summed E-state index contributed by atoms with van der Waals surface area (Å²) in [5.74, 6) is 0.0906. The molecule has 1 atom stereocenters. The quantitative estimate of drug-likeness (QED) is 0.710. The molecule has 1 heterocycles. The summed E-state index contributed by atoms with van der Waals surface area (Å²) in [4.78, 5) is 12.2. The number of nitrogens with one attached hydrogen (secondary N) is 1. The van der Waals surface area contributed by atoms with Gasteiger partial charge in [0.25, 0.3) is 0 Å². The fourth-order valence-electron chi connectivity index (χ4n) is 2.36. The normalized spacial score (nSPS) is 12.2. The maximum atomic E-state index is 12.9. The summed E-state index contributed by atoms with van der Waals surface area (Å²) in [7, 11) is 0. The van der Waals surface area contributed by atoms with Crippen LogP contribution in [0, 0.1) is 5.82 Å². The van der Waals surface area contributed by atoms with Gasteiger partial charge in [-0.2, -0.15) is 0 Å². The summed E-state index contributed by atoms with van der Waals surface area (Å²) in [5, 5.41) is 2.92. The Morgan fingerprint density at radius 3 is 2.42 bits per heavy atom. The molecular weight excluding hydrogens is 305 g/mol. The second-order valence-corrected chi connectivity index (χ2v) is 5.25. The molecule has 0 unspecified atom stereocenters. The maximum absolute atomic E-state index is 12.9. The molecule has 0 aliphatic carbocycles. The summed E-state index contributed by atoms with van der Waals surface area (Å²) in [6.45, 7) is 0. The second-order valence-electron chi connectivity index (χ2n) is 5.25. The minimum Gasteiger partial charge on any atom is -0.467 e. The predicted octanol–water partition coefficient (Wildman–Crippen LogP) is 4.34. The highest BCUT2D eigenvalue weighted by molar-refractivity contribution is 5.92. The van der Waals surface area contributed by atoms with Gasteiger partial charge in [0.1, 0.15) is 17.6 Å². The Kier molecular flexibility index (Phi) is 4.87. The number of amides is 1. The van der Waals surface area contributed by atoms with E-state index in [4.69, 9.17) is 4.42 Å². The van der Waals surface area contributed by atoms with Crippen LogP contribution in [-0.2, 0) is 4.79 Å². The first-order valence-electron chi connectivity index (χ1n) is 7.55. The van der Waals surface area contributed by atoms with Crippen LogP contribution in [0.25, 0.3) is 6.08 Å². The van der Waals surface area contributed by atoms with Crippen LogP contribution in [0.2, 0.25) is 0 Å². The van der Waals surface area contributed by atoms with Gasteiger partial charge in [0.05, 0.1) is 6.26 Å². The van der Waals surface area contributed by atoms with Gasteiger partial charge in [0, 0.05) is 6.08 Å². The van der Waals surface area contributed by atoms with Gasteiger partial charge in [0.15, 0.2) is 0 Å². The molecule has 1 aromatic heterocycles. The van der Waals surface area contributed by atoms with E-state index >= 15 is 0 Å².